The van der Waals surface area contributed by atoms with Gasteiger partial charge in [-0.2, -0.15) is 0 Å². The minimum Gasteiger partial charge on any atom is -0.457 e. The largest absolute Gasteiger partial charge is 0.457 e. The Labute approximate surface area is 117 Å². The summed E-state index contributed by atoms with van der Waals surface area (Å²) in [6, 6.07) is 16.7. The van der Waals surface area contributed by atoms with Crippen LogP contribution in [-0.4, -0.2) is 18.1 Å². The van der Waals surface area contributed by atoms with Gasteiger partial charge in [0.2, 0.25) is 0 Å². The molecule has 0 radical (unpaired) electrons. The first-order chi connectivity index (χ1) is 9.65. The molecule has 0 unspecified atom stereocenters. The molecule has 104 valence electrons. The smallest absolute Gasteiger partial charge is 0.328 e. The van der Waals surface area contributed by atoms with E-state index in [0.717, 1.165) is 17.1 Å². The number of carbonyl (C=O) groups is 1. The highest BCUT2D eigenvalue weighted by atomic mass is 16.5. The number of nitrogens with one attached hydrogen (secondary N) is 1. The predicted molar refractivity (Wildman–Crippen MR) is 77.1 cm³/mol. The molecular formula is C15H17N3O2. The second-order valence-corrected chi connectivity index (χ2v) is 4.29. The van der Waals surface area contributed by atoms with Crippen molar-refractivity contribution in [3.05, 3.63) is 60.2 Å². The molecule has 20 heavy (non-hydrogen) atoms. The molecule has 0 saturated carbocycles. The quantitative estimate of drug-likeness (QED) is 0.821. The highest BCUT2D eigenvalue weighted by molar-refractivity contribution is 5.70. The Hall–Kier alpha value is -2.53. The Kier molecular flexibility index (Phi) is 4.57. The summed E-state index contributed by atoms with van der Waals surface area (Å²) in [7, 11) is 1.58. The van der Waals surface area contributed by atoms with Gasteiger partial charge in [-0.25, -0.2) is 10.2 Å². The minimum atomic E-state index is -0.519. The van der Waals surface area contributed by atoms with Crippen molar-refractivity contribution >= 4 is 6.03 Å². The van der Waals surface area contributed by atoms with Crippen molar-refractivity contribution in [2.75, 3.05) is 7.05 Å². The Morgan fingerprint density at radius 1 is 1.10 bits per heavy atom. The van der Waals surface area contributed by atoms with E-state index in [0.29, 0.717) is 6.54 Å². The average Bonchev–Trinajstić information content (AvgIpc) is 2.47. The highest BCUT2D eigenvalue weighted by Crippen LogP contribution is 2.20. The molecule has 0 fully saturated rings. The van der Waals surface area contributed by atoms with Crippen LogP contribution in [0.1, 0.15) is 5.56 Å². The summed E-state index contributed by atoms with van der Waals surface area (Å²) in [5.41, 5.74) is 9.03. The second-order valence-electron chi connectivity index (χ2n) is 4.29. The fourth-order valence-corrected chi connectivity index (χ4v) is 1.59. The lowest BCUT2D eigenvalue weighted by molar-refractivity contribution is 0.195. The van der Waals surface area contributed by atoms with Crippen LogP contribution in [-0.2, 0) is 6.54 Å². The number of amides is 2. The summed E-state index contributed by atoms with van der Waals surface area (Å²) in [4.78, 5) is 10.8. The van der Waals surface area contributed by atoms with E-state index >= 15 is 0 Å². The molecular weight excluding hydrogens is 254 g/mol. The van der Waals surface area contributed by atoms with Crippen molar-refractivity contribution in [3.8, 4) is 11.5 Å². The number of carbonyl (C=O) groups excluding carboxylic acids is 1. The summed E-state index contributed by atoms with van der Waals surface area (Å²) in [6.07, 6.45) is 0. The van der Waals surface area contributed by atoms with Gasteiger partial charge in [0.15, 0.2) is 0 Å². The number of hydrazine groups is 1. The monoisotopic (exact) mass is 271 g/mol. The molecule has 2 aromatic carbocycles. The molecule has 5 nitrogen and oxygen atoms in total. The van der Waals surface area contributed by atoms with Crippen LogP contribution in [0, 0.1) is 0 Å². The zero-order valence-electron chi connectivity index (χ0n) is 11.2. The molecule has 0 aliphatic rings. The molecule has 0 spiro atoms. The lowest BCUT2D eigenvalue weighted by atomic mass is 10.2. The van der Waals surface area contributed by atoms with Crippen LogP contribution in [0.4, 0.5) is 4.79 Å². The number of nitrogens with zero attached hydrogens (tertiary/aromatic N) is 1. The Balaban J connectivity index is 1.91. The zero-order valence-corrected chi connectivity index (χ0v) is 11.2. The number of rotatable bonds is 5. The normalized spacial score (nSPS) is 10.1. The fourth-order valence-electron chi connectivity index (χ4n) is 1.59. The molecule has 5 heteroatoms. The third-order valence-corrected chi connectivity index (χ3v) is 2.75. The first-order valence-electron chi connectivity index (χ1n) is 6.23. The number of para-hydroxylation sites is 1. The SMILES string of the molecule is CN(NCc1ccc(Oc2ccccc2)cc1)C(N)=O. The van der Waals surface area contributed by atoms with Gasteiger partial charge in [0.05, 0.1) is 0 Å². The number of urea groups is 1. The maximum Gasteiger partial charge on any atom is 0.328 e. The van der Waals surface area contributed by atoms with Gasteiger partial charge in [-0.15, -0.1) is 0 Å². The highest BCUT2D eigenvalue weighted by Gasteiger charge is 2.02. The third-order valence-electron chi connectivity index (χ3n) is 2.75. The molecule has 0 aliphatic carbocycles. The first-order valence-corrected chi connectivity index (χ1v) is 6.23. The van der Waals surface area contributed by atoms with E-state index in [1.165, 1.54) is 5.01 Å². The number of benzene rings is 2. The standard InChI is InChI=1S/C15H17N3O2/c1-18(15(16)19)17-11-12-7-9-14(10-8-12)20-13-5-3-2-4-6-13/h2-10,17H,11H2,1H3,(H2,16,19). The summed E-state index contributed by atoms with van der Waals surface area (Å²) in [5, 5.41) is 1.24. The van der Waals surface area contributed by atoms with Crippen LogP contribution in [0.5, 0.6) is 11.5 Å². The zero-order chi connectivity index (χ0) is 14.4. The number of ether oxygens (including phenoxy) is 1. The molecule has 0 saturated heterocycles. The van der Waals surface area contributed by atoms with E-state index < -0.39 is 6.03 Å². The van der Waals surface area contributed by atoms with Crippen LogP contribution in [0.25, 0.3) is 0 Å². The fraction of sp³-hybridized carbons (Fsp3) is 0.133. The van der Waals surface area contributed by atoms with Gasteiger partial charge >= 0.3 is 6.03 Å². The van der Waals surface area contributed by atoms with Gasteiger partial charge in [0, 0.05) is 13.6 Å². The van der Waals surface area contributed by atoms with E-state index in [4.69, 9.17) is 10.5 Å². The van der Waals surface area contributed by atoms with Gasteiger partial charge in [-0.1, -0.05) is 30.3 Å². The van der Waals surface area contributed by atoms with Crippen molar-refractivity contribution in [2.24, 2.45) is 5.73 Å². The topological polar surface area (TPSA) is 67.6 Å². The van der Waals surface area contributed by atoms with Gasteiger partial charge in [-0.05, 0) is 29.8 Å². The molecule has 0 aromatic heterocycles. The minimum absolute atomic E-state index is 0.519. The second kappa shape index (κ2) is 6.58. The maximum atomic E-state index is 10.8. The molecule has 0 bridgehead atoms. The summed E-state index contributed by atoms with van der Waals surface area (Å²) in [5.74, 6) is 1.56. The summed E-state index contributed by atoms with van der Waals surface area (Å²) >= 11 is 0. The molecule has 0 atom stereocenters. The Morgan fingerprint density at radius 3 is 2.30 bits per heavy atom. The molecule has 2 rings (SSSR count). The van der Waals surface area contributed by atoms with Crippen LogP contribution in [0.15, 0.2) is 54.6 Å². The number of primary amides is 1. The molecule has 2 aromatic rings. The van der Waals surface area contributed by atoms with Crippen LogP contribution in [0.3, 0.4) is 0 Å². The Bertz CT molecular complexity index is 555. The van der Waals surface area contributed by atoms with Crippen LogP contribution >= 0.6 is 0 Å². The number of nitrogens with two attached hydrogens (primary N) is 1. The lowest BCUT2D eigenvalue weighted by Gasteiger charge is -2.15. The average molecular weight is 271 g/mol. The van der Waals surface area contributed by atoms with Gasteiger partial charge in [0.1, 0.15) is 11.5 Å². The molecule has 0 aliphatic heterocycles. The van der Waals surface area contributed by atoms with Crippen molar-refractivity contribution in [1.82, 2.24) is 10.4 Å². The summed E-state index contributed by atoms with van der Waals surface area (Å²) < 4.78 is 5.69. The summed E-state index contributed by atoms with van der Waals surface area (Å²) in [6.45, 7) is 0.519. The van der Waals surface area contributed by atoms with E-state index in [2.05, 4.69) is 5.43 Å². The maximum absolute atomic E-state index is 10.8. The van der Waals surface area contributed by atoms with Crippen LogP contribution in [0.2, 0.25) is 0 Å². The van der Waals surface area contributed by atoms with Gasteiger partial charge in [-0.3, -0.25) is 5.01 Å². The third kappa shape index (κ3) is 4.00. The molecule has 3 N–H and O–H groups in total. The number of hydrogen-bond donors (Lipinski definition) is 2. The van der Waals surface area contributed by atoms with Crippen molar-refractivity contribution in [3.63, 3.8) is 0 Å². The van der Waals surface area contributed by atoms with E-state index in [1.54, 1.807) is 7.05 Å². The van der Waals surface area contributed by atoms with E-state index in [9.17, 15) is 4.79 Å². The van der Waals surface area contributed by atoms with Crippen molar-refractivity contribution in [1.29, 1.82) is 0 Å². The number of hydrogen-bond acceptors (Lipinski definition) is 3. The Morgan fingerprint density at radius 2 is 1.70 bits per heavy atom. The first kappa shape index (κ1) is 13.9. The molecule has 2 amide bonds. The van der Waals surface area contributed by atoms with E-state index in [1.807, 2.05) is 54.6 Å². The van der Waals surface area contributed by atoms with Crippen molar-refractivity contribution < 1.29 is 9.53 Å². The van der Waals surface area contributed by atoms with Crippen LogP contribution < -0.4 is 15.9 Å². The van der Waals surface area contributed by atoms with Gasteiger partial charge in [0.25, 0.3) is 0 Å². The molecule has 0 heterocycles. The van der Waals surface area contributed by atoms with Crippen molar-refractivity contribution in [2.45, 2.75) is 6.54 Å². The van der Waals surface area contributed by atoms with E-state index in [-0.39, 0.29) is 0 Å². The predicted octanol–water partition coefficient (Wildman–Crippen LogP) is 2.49. The van der Waals surface area contributed by atoms with Gasteiger partial charge < -0.3 is 10.5 Å². The lowest BCUT2D eigenvalue weighted by Crippen LogP contribution is -2.42.